The summed E-state index contributed by atoms with van der Waals surface area (Å²) in [5.74, 6) is 1.91. The molecule has 0 unspecified atom stereocenters. The van der Waals surface area contributed by atoms with E-state index in [9.17, 15) is 0 Å². The summed E-state index contributed by atoms with van der Waals surface area (Å²) >= 11 is 0. The van der Waals surface area contributed by atoms with Crippen molar-refractivity contribution in [3.05, 3.63) is 48.0 Å². The Labute approximate surface area is 215 Å². The van der Waals surface area contributed by atoms with Crippen LogP contribution in [0, 0.1) is 0 Å². The van der Waals surface area contributed by atoms with Crippen LogP contribution in [0.3, 0.4) is 0 Å². The molecule has 1 saturated heterocycles. The molecule has 3 rings (SSSR count). The van der Waals surface area contributed by atoms with Gasteiger partial charge in [0.05, 0.1) is 0 Å². The quantitative estimate of drug-likeness (QED) is 0.177. The van der Waals surface area contributed by atoms with Crippen LogP contribution in [0.25, 0.3) is 0 Å². The highest BCUT2D eigenvalue weighted by Gasteiger charge is 2.20. The smallest absolute Gasteiger partial charge is 0.191 e. The zero-order valence-corrected chi connectivity index (χ0v) is 22.4. The summed E-state index contributed by atoms with van der Waals surface area (Å²) in [6.07, 6.45) is 5.87. The number of benzene rings is 1. The Bertz CT molecular complexity index is 791. The number of aryl methyl sites for hydroxylation is 1. The van der Waals surface area contributed by atoms with E-state index in [1.165, 1.54) is 5.56 Å². The summed E-state index contributed by atoms with van der Waals surface area (Å²) in [5.41, 5.74) is 1.39. The van der Waals surface area contributed by atoms with Crippen LogP contribution < -0.4 is 10.6 Å². The average molecular weight is 570 g/mol. The maximum absolute atomic E-state index is 5.45. The lowest BCUT2D eigenvalue weighted by atomic mass is 10.0. The van der Waals surface area contributed by atoms with Crippen molar-refractivity contribution in [1.82, 2.24) is 30.3 Å². The number of likely N-dealkylation sites (tertiary alicyclic amines) is 1. The molecule has 0 bridgehead atoms. The zero-order valence-electron chi connectivity index (χ0n) is 20.1. The minimum absolute atomic E-state index is 0. The molecule has 0 amide bonds. The van der Waals surface area contributed by atoms with Gasteiger partial charge in [-0.3, -0.25) is 9.89 Å². The van der Waals surface area contributed by atoms with E-state index in [-0.39, 0.29) is 24.0 Å². The van der Waals surface area contributed by atoms with E-state index in [0.717, 1.165) is 89.9 Å². The van der Waals surface area contributed by atoms with Crippen molar-refractivity contribution in [2.45, 2.75) is 58.7 Å². The van der Waals surface area contributed by atoms with Gasteiger partial charge < -0.3 is 19.9 Å². The number of piperidine rings is 1. The lowest BCUT2D eigenvalue weighted by Crippen LogP contribution is -2.49. The Kier molecular flexibility index (Phi) is 13.3. The van der Waals surface area contributed by atoms with Crippen molar-refractivity contribution in [1.29, 1.82) is 0 Å². The summed E-state index contributed by atoms with van der Waals surface area (Å²) < 4.78 is 7.55. The first-order valence-corrected chi connectivity index (χ1v) is 12.0. The molecule has 0 aliphatic carbocycles. The molecule has 1 fully saturated rings. The normalized spacial score (nSPS) is 15.3. The molecular weight excluding hydrogens is 529 g/mol. The number of hydrogen-bond acceptors (Lipinski definition) is 5. The van der Waals surface area contributed by atoms with Crippen molar-refractivity contribution in [2.24, 2.45) is 4.99 Å². The minimum Gasteiger partial charge on any atom is -0.382 e. The fraction of sp³-hybridized carbons (Fsp3) is 0.625. The molecule has 33 heavy (non-hydrogen) atoms. The molecule has 8 nitrogen and oxygen atoms in total. The summed E-state index contributed by atoms with van der Waals surface area (Å²) in [7, 11) is 0. The van der Waals surface area contributed by atoms with Gasteiger partial charge in [-0.05, 0) is 31.7 Å². The van der Waals surface area contributed by atoms with Gasteiger partial charge in [0.25, 0.3) is 0 Å². The molecule has 0 radical (unpaired) electrons. The number of ether oxygens (including phenoxy) is 1. The SMILES string of the molecule is CCOCCCN=C(NCCn1cnnc1CC)NC1CCN(Cc2ccccc2)CC1.I. The molecule has 0 spiro atoms. The second kappa shape index (κ2) is 16.0. The molecule has 1 aromatic heterocycles. The minimum atomic E-state index is 0. The molecular formula is C24H40IN7O. The van der Waals surface area contributed by atoms with Crippen molar-refractivity contribution in [2.75, 3.05) is 39.4 Å². The number of rotatable bonds is 12. The van der Waals surface area contributed by atoms with Crippen molar-refractivity contribution in [3.8, 4) is 0 Å². The van der Waals surface area contributed by atoms with Gasteiger partial charge in [-0.1, -0.05) is 37.3 Å². The fourth-order valence-electron chi connectivity index (χ4n) is 3.96. The van der Waals surface area contributed by atoms with E-state index in [4.69, 9.17) is 9.73 Å². The summed E-state index contributed by atoms with van der Waals surface area (Å²) in [4.78, 5) is 7.34. The van der Waals surface area contributed by atoms with Gasteiger partial charge in [-0.25, -0.2) is 0 Å². The fourth-order valence-corrected chi connectivity index (χ4v) is 3.96. The molecule has 1 aromatic carbocycles. The number of aliphatic imine (C=N–C) groups is 1. The van der Waals surface area contributed by atoms with Crippen LogP contribution in [0.1, 0.15) is 44.5 Å². The number of nitrogens with zero attached hydrogens (tertiary/aromatic N) is 5. The Morgan fingerprint density at radius 1 is 1.18 bits per heavy atom. The maximum Gasteiger partial charge on any atom is 0.191 e. The largest absolute Gasteiger partial charge is 0.382 e. The van der Waals surface area contributed by atoms with Gasteiger partial charge in [0.2, 0.25) is 0 Å². The molecule has 2 heterocycles. The first kappa shape index (κ1) is 27.5. The molecule has 2 aromatic rings. The van der Waals surface area contributed by atoms with Crippen molar-refractivity contribution < 1.29 is 4.74 Å². The molecule has 1 aliphatic rings. The number of guanidine groups is 1. The molecule has 0 saturated carbocycles. The van der Waals surface area contributed by atoms with Crippen LogP contribution in [0.2, 0.25) is 0 Å². The predicted molar refractivity (Wildman–Crippen MR) is 144 cm³/mol. The highest BCUT2D eigenvalue weighted by molar-refractivity contribution is 14.0. The molecule has 1 aliphatic heterocycles. The molecule has 0 atom stereocenters. The van der Waals surface area contributed by atoms with E-state index < -0.39 is 0 Å². The van der Waals surface area contributed by atoms with Gasteiger partial charge in [-0.2, -0.15) is 0 Å². The topological polar surface area (TPSA) is 79.6 Å². The molecule has 2 N–H and O–H groups in total. The van der Waals surface area contributed by atoms with E-state index in [1.54, 1.807) is 6.33 Å². The Morgan fingerprint density at radius 3 is 2.70 bits per heavy atom. The number of nitrogens with one attached hydrogen (secondary N) is 2. The zero-order chi connectivity index (χ0) is 22.4. The Morgan fingerprint density at radius 2 is 1.97 bits per heavy atom. The third-order valence-electron chi connectivity index (χ3n) is 5.76. The van der Waals surface area contributed by atoms with Crippen LogP contribution in [-0.2, 0) is 24.2 Å². The van der Waals surface area contributed by atoms with Gasteiger partial charge in [0.15, 0.2) is 5.96 Å². The standard InChI is InChI=1S/C24H39N7O.HI/c1-3-23-29-27-20-31(23)17-14-26-24(25-13-8-18-32-4-2)28-22-11-15-30(16-12-22)19-21-9-6-5-7-10-21;/h5-7,9-10,20,22H,3-4,8,11-19H2,1-2H3,(H2,25,26,28);1H. The third kappa shape index (κ3) is 9.97. The highest BCUT2D eigenvalue weighted by Crippen LogP contribution is 2.13. The summed E-state index contributed by atoms with van der Waals surface area (Å²) in [5, 5.41) is 15.4. The molecule has 9 heteroatoms. The number of aromatic nitrogens is 3. The predicted octanol–water partition coefficient (Wildman–Crippen LogP) is 3.08. The van der Waals surface area contributed by atoms with Crippen molar-refractivity contribution in [3.63, 3.8) is 0 Å². The van der Waals surface area contributed by atoms with E-state index in [2.05, 4.69) is 67.6 Å². The summed E-state index contributed by atoms with van der Waals surface area (Å²) in [6, 6.07) is 11.2. The van der Waals surface area contributed by atoms with Crippen LogP contribution >= 0.6 is 24.0 Å². The van der Waals surface area contributed by atoms with Crippen molar-refractivity contribution >= 4 is 29.9 Å². The first-order valence-electron chi connectivity index (χ1n) is 12.0. The second-order valence-corrected chi connectivity index (χ2v) is 8.18. The lowest BCUT2D eigenvalue weighted by molar-refractivity contribution is 0.146. The lowest BCUT2D eigenvalue weighted by Gasteiger charge is -2.33. The third-order valence-corrected chi connectivity index (χ3v) is 5.76. The van der Waals surface area contributed by atoms with Crippen LogP contribution in [0.4, 0.5) is 0 Å². The maximum atomic E-state index is 5.45. The van der Waals surface area contributed by atoms with E-state index in [1.807, 2.05) is 6.92 Å². The second-order valence-electron chi connectivity index (χ2n) is 8.18. The number of halogens is 1. The monoisotopic (exact) mass is 569 g/mol. The van der Waals surface area contributed by atoms with Gasteiger partial charge >= 0.3 is 0 Å². The highest BCUT2D eigenvalue weighted by atomic mass is 127. The van der Waals surface area contributed by atoms with Gasteiger partial charge in [0, 0.05) is 64.9 Å². The van der Waals surface area contributed by atoms with E-state index in [0.29, 0.717) is 6.04 Å². The van der Waals surface area contributed by atoms with Crippen LogP contribution in [0.5, 0.6) is 0 Å². The molecule has 184 valence electrons. The van der Waals surface area contributed by atoms with Gasteiger partial charge in [0.1, 0.15) is 12.2 Å². The average Bonchev–Trinajstić information content (AvgIpc) is 3.28. The van der Waals surface area contributed by atoms with Crippen LogP contribution in [0.15, 0.2) is 41.7 Å². The summed E-state index contributed by atoms with van der Waals surface area (Å²) in [6.45, 7) is 11.2. The van der Waals surface area contributed by atoms with Crippen LogP contribution in [-0.4, -0.2) is 71.1 Å². The van der Waals surface area contributed by atoms with Gasteiger partial charge in [-0.15, -0.1) is 34.2 Å². The Balaban J connectivity index is 0.00000385. The first-order chi connectivity index (χ1) is 15.8. The number of hydrogen-bond donors (Lipinski definition) is 2. The van der Waals surface area contributed by atoms with E-state index >= 15 is 0 Å². The Hall–Kier alpha value is -1.72.